The summed E-state index contributed by atoms with van der Waals surface area (Å²) in [6, 6.07) is 2.19. The highest BCUT2D eigenvalue weighted by molar-refractivity contribution is 7.98. The molecule has 3 aromatic rings. The molecule has 0 fully saturated rings. The lowest BCUT2D eigenvalue weighted by Crippen LogP contribution is -1.99. The molecule has 1 aliphatic rings. The third kappa shape index (κ3) is 2.30. The highest BCUT2D eigenvalue weighted by Gasteiger charge is 2.19. The predicted octanol–water partition coefficient (Wildman–Crippen LogP) is 3.52. The molecule has 1 aliphatic heterocycles. The fourth-order valence-corrected chi connectivity index (χ4v) is 5.59. The Morgan fingerprint density at radius 3 is 3.25 bits per heavy atom. The third-order valence-electron chi connectivity index (χ3n) is 3.52. The topological polar surface area (TPSA) is 37.5 Å². The second-order valence-electron chi connectivity index (χ2n) is 4.94. The number of fused-ring (bicyclic) bond motifs is 2. The van der Waals surface area contributed by atoms with E-state index in [0.717, 1.165) is 27.7 Å². The monoisotopic (exact) mass is 322 g/mol. The van der Waals surface area contributed by atoms with Crippen LogP contribution in [0.15, 0.2) is 23.8 Å². The van der Waals surface area contributed by atoms with Crippen molar-refractivity contribution in [2.75, 3.05) is 5.75 Å². The van der Waals surface area contributed by atoms with Crippen LogP contribution in [0.5, 0.6) is 0 Å². The van der Waals surface area contributed by atoms with Crippen molar-refractivity contribution in [3.05, 3.63) is 44.9 Å². The number of aliphatic hydroxyl groups excluding tert-OH is 1. The van der Waals surface area contributed by atoms with Crippen LogP contribution in [0.25, 0.3) is 4.96 Å². The van der Waals surface area contributed by atoms with Gasteiger partial charge < -0.3 is 5.11 Å². The molecule has 1 atom stereocenters. The van der Waals surface area contributed by atoms with E-state index in [0.29, 0.717) is 6.42 Å². The first-order chi connectivity index (χ1) is 9.79. The molecule has 0 radical (unpaired) electrons. The molecule has 0 aliphatic carbocycles. The van der Waals surface area contributed by atoms with Crippen LogP contribution in [0.3, 0.4) is 0 Å². The summed E-state index contributed by atoms with van der Waals surface area (Å²) in [6.45, 7) is 0. The van der Waals surface area contributed by atoms with Gasteiger partial charge in [-0.1, -0.05) is 0 Å². The largest absolute Gasteiger partial charge is 0.387 e. The summed E-state index contributed by atoms with van der Waals surface area (Å²) < 4.78 is 2.02. The zero-order valence-electron chi connectivity index (χ0n) is 10.8. The van der Waals surface area contributed by atoms with Gasteiger partial charge in [0.05, 0.1) is 11.8 Å². The molecule has 3 nitrogen and oxygen atoms in total. The van der Waals surface area contributed by atoms with Gasteiger partial charge in [-0.25, -0.2) is 4.98 Å². The first-order valence-electron chi connectivity index (χ1n) is 6.58. The van der Waals surface area contributed by atoms with Crippen LogP contribution in [0.1, 0.15) is 27.1 Å². The number of thiophene rings is 1. The molecular formula is C14H14N2OS3. The van der Waals surface area contributed by atoms with Crippen LogP contribution >= 0.6 is 34.4 Å². The van der Waals surface area contributed by atoms with Crippen LogP contribution in [0, 0.1) is 0 Å². The zero-order valence-corrected chi connectivity index (χ0v) is 13.2. The Morgan fingerprint density at radius 2 is 2.40 bits per heavy atom. The van der Waals surface area contributed by atoms with Gasteiger partial charge in [-0.15, -0.1) is 22.7 Å². The van der Waals surface area contributed by atoms with E-state index in [1.165, 1.54) is 16.2 Å². The van der Waals surface area contributed by atoms with E-state index in [1.54, 1.807) is 22.7 Å². The van der Waals surface area contributed by atoms with E-state index < -0.39 is 6.10 Å². The summed E-state index contributed by atoms with van der Waals surface area (Å²) in [4.78, 5) is 8.09. The Kier molecular flexibility index (Phi) is 3.34. The number of thiazole rings is 1. The van der Waals surface area contributed by atoms with Crippen LogP contribution in [-0.2, 0) is 18.6 Å². The molecule has 0 spiro atoms. The Bertz CT molecular complexity index is 691. The second kappa shape index (κ2) is 5.18. The fraction of sp³-hybridized carbons (Fsp3) is 0.357. The summed E-state index contributed by atoms with van der Waals surface area (Å²) in [7, 11) is 0. The predicted molar refractivity (Wildman–Crippen MR) is 85.9 cm³/mol. The number of aromatic nitrogens is 2. The number of nitrogens with zero attached hydrogens (tertiary/aromatic N) is 2. The number of aryl methyl sites for hydroxylation is 1. The Morgan fingerprint density at radius 1 is 1.45 bits per heavy atom. The molecule has 0 saturated carbocycles. The SMILES string of the molecule is OC(Cc1cn2ccsc2n1)c1cc2c(s1)CCSC2. The summed E-state index contributed by atoms with van der Waals surface area (Å²) >= 11 is 5.38. The molecule has 0 aromatic carbocycles. The average Bonchev–Trinajstić information content (AvgIpc) is 3.10. The summed E-state index contributed by atoms with van der Waals surface area (Å²) in [5.74, 6) is 2.30. The lowest BCUT2D eigenvalue weighted by Gasteiger charge is -2.08. The summed E-state index contributed by atoms with van der Waals surface area (Å²) in [5.41, 5.74) is 2.39. The van der Waals surface area contributed by atoms with Crippen LogP contribution < -0.4 is 0 Å². The Balaban J connectivity index is 1.56. The van der Waals surface area contributed by atoms with Crippen molar-refractivity contribution in [1.29, 1.82) is 0 Å². The highest BCUT2D eigenvalue weighted by atomic mass is 32.2. The molecule has 6 heteroatoms. The summed E-state index contributed by atoms with van der Waals surface area (Å²) in [5, 5.41) is 12.5. The Labute approximate surface area is 129 Å². The third-order valence-corrected chi connectivity index (χ3v) is 6.64. The van der Waals surface area contributed by atoms with E-state index in [1.807, 2.05) is 33.9 Å². The standard InChI is InChI=1S/C14H14N2OS3/c17-11(6-10-7-16-2-4-19-14(16)15-10)13-5-9-8-18-3-1-12(9)20-13/h2,4-5,7,11,17H,1,3,6,8H2. The van der Waals surface area contributed by atoms with Crippen molar-refractivity contribution >= 4 is 39.4 Å². The molecule has 20 heavy (non-hydrogen) atoms. The van der Waals surface area contributed by atoms with Gasteiger partial charge in [-0.3, -0.25) is 4.40 Å². The van der Waals surface area contributed by atoms with Gasteiger partial charge in [0, 0.05) is 39.7 Å². The fourth-order valence-electron chi connectivity index (χ4n) is 2.51. The minimum atomic E-state index is -0.430. The van der Waals surface area contributed by atoms with Gasteiger partial charge >= 0.3 is 0 Å². The molecular weight excluding hydrogens is 308 g/mol. The second-order valence-corrected chi connectivity index (χ2v) is 8.09. The van der Waals surface area contributed by atoms with E-state index in [4.69, 9.17) is 0 Å². The van der Waals surface area contributed by atoms with Crippen LogP contribution in [-0.4, -0.2) is 20.2 Å². The van der Waals surface area contributed by atoms with E-state index in [9.17, 15) is 5.11 Å². The van der Waals surface area contributed by atoms with Crippen molar-refractivity contribution in [2.45, 2.75) is 24.7 Å². The number of thioether (sulfide) groups is 1. The first kappa shape index (κ1) is 12.9. The van der Waals surface area contributed by atoms with Gasteiger partial charge in [0.25, 0.3) is 0 Å². The molecule has 4 heterocycles. The van der Waals surface area contributed by atoms with Gasteiger partial charge in [0.15, 0.2) is 4.96 Å². The minimum Gasteiger partial charge on any atom is -0.387 e. The van der Waals surface area contributed by atoms with Crippen molar-refractivity contribution in [2.24, 2.45) is 0 Å². The lowest BCUT2D eigenvalue weighted by molar-refractivity contribution is 0.181. The number of rotatable bonds is 3. The molecule has 1 N–H and O–H groups in total. The quantitative estimate of drug-likeness (QED) is 0.801. The average molecular weight is 322 g/mol. The number of hydrogen-bond acceptors (Lipinski definition) is 5. The normalized spacial score (nSPS) is 16.4. The molecule has 3 aromatic heterocycles. The Hall–Kier alpha value is -0.820. The lowest BCUT2D eigenvalue weighted by atomic mass is 10.1. The maximum Gasteiger partial charge on any atom is 0.193 e. The van der Waals surface area contributed by atoms with E-state index in [2.05, 4.69) is 11.1 Å². The molecule has 104 valence electrons. The maximum absolute atomic E-state index is 10.4. The number of imidazole rings is 1. The molecule has 1 unspecified atom stereocenters. The maximum atomic E-state index is 10.4. The van der Waals surface area contributed by atoms with Crippen molar-refractivity contribution in [3.63, 3.8) is 0 Å². The number of hydrogen-bond donors (Lipinski definition) is 1. The highest BCUT2D eigenvalue weighted by Crippen LogP contribution is 2.35. The number of aliphatic hydroxyl groups is 1. The smallest absolute Gasteiger partial charge is 0.193 e. The van der Waals surface area contributed by atoms with Crippen molar-refractivity contribution < 1.29 is 5.11 Å². The van der Waals surface area contributed by atoms with Gasteiger partial charge in [0.1, 0.15) is 0 Å². The van der Waals surface area contributed by atoms with Gasteiger partial charge in [0.2, 0.25) is 0 Å². The first-order valence-corrected chi connectivity index (χ1v) is 9.43. The van der Waals surface area contributed by atoms with Crippen molar-refractivity contribution in [3.8, 4) is 0 Å². The van der Waals surface area contributed by atoms with Gasteiger partial charge in [-0.05, 0) is 23.8 Å². The molecule has 0 bridgehead atoms. The van der Waals surface area contributed by atoms with Crippen LogP contribution in [0.2, 0.25) is 0 Å². The molecule has 4 rings (SSSR count). The molecule has 0 amide bonds. The van der Waals surface area contributed by atoms with Crippen LogP contribution in [0.4, 0.5) is 0 Å². The molecule has 0 saturated heterocycles. The van der Waals surface area contributed by atoms with E-state index >= 15 is 0 Å². The summed E-state index contributed by atoms with van der Waals surface area (Å²) in [6.07, 6.45) is 5.33. The minimum absolute atomic E-state index is 0.430. The zero-order chi connectivity index (χ0) is 13.5. The van der Waals surface area contributed by atoms with Gasteiger partial charge in [-0.2, -0.15) is 11.8 Å². The van der Waals surface area contributed by atoms with E-state index in [-0.39, 0.29) is 0 Å². The van der Waals surface area contributed by atoms with Crippen molar-refractivity contribution in [1.82, 2.24) is 9.38 Å².